The highest BCUT2D eigenvalue weighted by atomic mass is 79.9. The molecule has 1 unspecified atom stereocenters. The summed E-state index contributed by atoms with van der Waals surface area (Å²) in [4.78, 5) is 2.54. The van der Waals surface area contributed by atoms with E-state index in [1.165, 1.54) is 18.2 Å². The summed E-state index contributed by atoms with van der Waals surface area (Å²) in [6.07, 6.45) is 0. The summed E-state index contributed by atoms with van der Waals surface area (Å²) in [5.74, 6) is -0.500. The maximum absolute atomic E-state index is 13.2. The topological polar surface area (TPSA) is 69.0 Å². The molecule has 0 bridgehead atoms. The first-order chi connectivity index (χ1) is 6.69. The molecule has 0 spiro atoms. The van der Waals surface area contributed by atoms with E-state index in [2.05, 4.69) is 26.0 Å². The lowest BCUT2D eigenvalue weighted by Crippen LogP contribution is -2.02. The zero-order chi connectivity index (χ0) is 10.6. The maximum Gasteiger partial charge on any atom is 0.126 e. The first kappa shape index (κ1) is 11.0. The van der Waals surface area contributed by atoms with Crippen LogP contribution in [-0.2, 0) is 0 Å². The quantitative estimate of drug-likeness (QED) is 0.506. The van der Waals surface area contributed by atoms with Crippen LogP contribution in [0.5, 0.6) is 0 Å². The Morgan fingerprint density at radius 3 is 2.93 bits per heavy atom. The first-order valence-corrected chi connectivity index (χ1v) is 4.58. The van der Waals surface area contributed by atoms with Gasteiger partial charge in [0.2, 0.25) is 0 Å². The third kappa shape index (κ3) is 2.45. The van der Waals surface area contributed by atoms with E-state index in [1.807, 2.05) is 0 Å². The van der Waals surface area contributed by atoms with Crippen molar-refractivity contribution in [1.29, 1.82) is 0 Å². The Morgan fingerprint density at radius 1 is 1.64 bits per heavy atom. The fourth-order valence-electron chi connectivity index (χ4n) is 1.03. The van der Waals surface area contributed by atoms with Gasteiger partial charge < -0.3 is 5.11 Å². The fraction of sp³-hybridized carbons (Fsp3) is 0.250. The van der Waals surface area contributed by atoms with E-state index in [9.17, 15) is 4.39 Å². The summed E-state index contributed by atoms with van der Waals surface area (Å²) in [6.45, 7) is -0.419. The number of hydrogen-bond acceptors (Lipinski definition) is 2. The van der Waals surface area contributed by atoms with Crippen LogP contribution in [0, 0.1) is 5.82 Å². The van der Waals surface area contributed by atoms with Crippen LogP contribution < -0.4 is 0 Å². The molecular weight excluding hydrogens is 253 g/mol. The Hall–Kier alpha value is -1.10. The van der Waals surface area contributed by atoms with Gasteiger partial charge in [0, 0.05) is 14.9 Å². The van der Waals surface area contributed by atoms with E-state index in [0.29, 0.717) is 4.47 Å². The molecule has 4 nitrogen and oxygen atoms in total. The van der Waals surface area contributed by atoms with Crippen molar-refractivity contribution in [2.45, 2.75) is 6.04 Å². The molecule has 1 aromatic rings. The Morgan fingerprint density at radius 2 is 2.36 bits per heavy atom. The summed E-state index contributed by atoms with van der Waals surface area (Å²) < 4.78 is 13.9. The molecule has 0 aromatic heterocycles. The molecule has 0 saturated carbocycles. The smallest absolute Gasteiger partial charge is 0.126 e. The summed E-state index contributed by atoms with van der Waals surface area (Å²) in [5, 5.41) is 12.2. The first-order valence-electron chi connectivity index (χ1n) is 3.79. The predicted octanol–water partition coefficient (Wildman–Crippen LogP) is 2.93. The molecule has 0 fully saturated rings. The van der Waals surface area contributed by atoms with Gasteiger partial charge in [-0.2, -0.15) is 0 Å². The van der Waals surface area contributed by atoms with Crippen LogP contribution in [0.4, 0.5) is 4.39 Å². The summed E-state index contributed by atoms with van der Waals surface area (Å²) in [7, 11) is 0. The Bertz CT molecular complexity index is 379. The molecule has 0 heterocycles. The number of nitrogens with zero attached hydrogens (tertiary/aromatic N) is 3. The second-order valence-electron chi connectivity index (χ2n) is 2.57. The van der Waals surface area contributed by atoms with E-state index in [-0.39, 0.29) is 5.56 Å². The van der Waals surface area contributed by atoms with Crippen molar-refractivity contribution >= 4 is 15.9 Å². The minimum Gasteiger partial charge on any atom is -0.396 e. The number of aliphatic hydroxyl groups is 1. The molecule has 0 radical (unpaired) electrons. The van der Waals surface area contributed by atoms with Crippen LogP contribution in [0.2, 0.25) is 0 Å². The van der Waals surface area contributed by atoms with E-state index >= 15 is 0 Å². The van der Waals surface area contributed by atoms with Crippen LogP contribution in [0.1, 0.15) is 11.6 Å². The molecule has 0 aliphatic carbocycles. The average Bonchev–Trinajstić information content (AvgIpc) is 2.18. The van der Waals surface area contributed by atoms with Crippen molar-refractivity contribution in [1.82, 2.24) is 0 Å². The predicted molar refractivity (Wildman–Crippen MR) is 53.1 cm³/mol. The number of rotatable bonds is 3. The van der Waals surface area contributed by atoms with E-state index in [0.717, 1.165) is 0 Å². The molecule has 1 rings (SSSR count). The highest BCUT2D eigenvalue weighted by Crippen LogP contribution is 2.24. The molecule has 1 atom stereocenters. The third-order valence-corrected chi connectivity index (χ3v) is 2.17. The molecule has 6 heteroatoms. The van der Waals surface area contributed by atoms with Crippen molar-refractivity contribution in [3.63, 3.8) is 0 Å². The minimum absolute atomic E-state index is 0.180. The molecule has 14 heavy (non-hydrogen) atoms. The number of aliphatic hydroxyl groups excluding tert-OH is 1. The van der Waals surface area contributed by atoms with Gasteiger partial charge in [-0.25, -0.2) is 4.39 Å². The standard InChI is InChI=1S/C8H7BrFN3O/c9-5-1-2-7(10)6(3-5)8(4-14)12-13-11/h1-3,8,14H,4H2. The van der Waals surface area contributed by atoms with Crippen molar-refractivity contribution < 1.29 is 9.50 Å². The number of halogens is 2. The molecule has 1 N–H and O–H groups in total. The molecule has 0 aliphatic rings. The monoisotopic (exact) mass is 259 g/mol. The Balaban J connectivity index is 3.14. The highest BCUT2D eigenvalue weighted by Gasteiger charge is 2.13. The van der Waals surface area contributed by atoms with Gasteiger partial charge in [-0.15, -0.1) is 0 Å². The average molecular weight is 260 g/mol. The van der Waals surface area contributed by atoms with Crippen LogP contribution in [0.25, 0.3) is 10.4 Å². The van der Waals surface area contributed by atoms with Crippen LogP contribution in [0.15, 0.2) is 27.8 Å². The molecule has 1 aromatic carbocycles. The fourth-order valence-corrected chi connectivity index (χ4v) is 1.41. The number of benzene rings is 1. The van der Waals surface area contributed by atoms with Crippen molar-refractivity contribution in [2.24, 2.45) is 5.11 Å². The van der Waals surface area contributed by atoms with Gasteiger partial charge in [-0.05, 0) is 23.7 Å². The van der Waals surface area contributed by atoms with E-state index < -0.39 is 18.5 Å². The lowest BCUT2D eigenvalue weighted by molar-refractivity contribution is 0.265. The van der Waals surface area contributed by atoms with Gasteiger partial charge >= 0.3 is 0 Å². The zero-order valence-electron chi connectivity index (χ0n) is 7.06. The molecular formula is C8H7BrFN3O. The lowest BCUT2D eigenvalue weighted by atomic mass is 10.1. The van der Waals surface area contributed by atoms with Gasteiger partial charge in [-0.3, -0.25) is 0 Å². The van der Waals surface area contributed by atoms with Gasteiger partial charge in [-0.1, -0.05) is 21.0 Å². The second-order valence-corrected chi connectivity index (χ2v) is 3.48. The van der Waals surface area contributed by atoms with Crippen molar-refractivity contribution in [3.8, 4) is 0 Å². The van der Waals surface area contributed by atoms with Gasteiger partial charge in [0.05, 0.1) is 12.6 Å². The Labute approximate surface area is 88.1 Å². The van der Waals surface area contributed by atoms with E-state index in [1.54, 1.807) is 0 Å². The normalized spacial score (nSPS) is 11.9. The van der Waals surface area contributed by atoms with Crippen molar-refractivity contribution in [2.75, 3.05) is 6.61 Å². The summed E-state index contributed by atoms with van der Waals surface area (Å²) in [5.41, 5.74) is 8.38. The molecule has 0 amide bonds. The van der Waals surface area contributed by atoms with Crippen LogP contribution >= 0.6 is 15.9 Å². The van der Waals surface area contributed by atoms with Gasteiger partial charge in [0.15, 0.2) is 0 Å². The maximum atomic E-state index is 13.2. The number of hydrogen-bond donors (Lipinski definition) is 1. The van der Waals surface area contributed by atoms with Crippen LogP contribution in [-0.4, -0.2) is 11.7 Å². The SMILES string of the molecule is [N-]=[N+]=NC(CO)c1cc(Br)ccc1F. The van der Waals surface area contributed by atoms with Crippen molar-refractivity contribution in [3.05, 3.63) is 44.5 Å². The summed E-state index contributed by atoms with van der Waals surface area (Å²) >= 11 is 3.16. The lowest BCUT2D eigenvalue weighted by Gasteiger charge is -2.09. The zero-order valence-corrected chi connectivity index (χ0v) is 8.65. The number of azide groups is 1. The molecule has 0 saturated heterocycles. The third-order valence-electron chi connectivity index (χ3n) is 1.68. The highest BCUT2D eigenvalue weighted by molar-refractivity contribution is 9.10. The molecule has 74 valence electrons. The van der Waals surface area contributed by atoms with Gasteiger partial charge in [0.1, 0.15) is 5.82 Å². The largest absolute Gasteiger partial charge is 0.396 e. The minimum atomic E-state index is -0.877. The summed E-state index contributed by atoms with van der Waals surface area (Å²) in [6, 6.07) is 3.38. The second kappa shape index (κ2) is 4.95. The van der Waals surface area contributed by atoms with Crippen LogP contribution in [0.3, 0.4) is 0 Å². The molecule has 0 aliphatic heterocycles. The van der Waals surface area contributed by atoms with Gasteiger partial charge in [0.25, 0.3) is 0 Å². The Kier molecular flexibility index (Phi) is 3.88. The van der Waals surface area contributed by atoms with E-state index in [4.69, 9.17) is 10.6 Å².